The quantitative estimate of drug-likeness (QED) is 0.648. The Bertz CT molecular complexity index is 695. The number of halogens is 2. The Morgan fingerprint density at radius 1 is 1.24 bits per heavy atom. The molecule has 17 heavy (non-hydrogen) atoms. The number of hydrogen-bond donors (Lipinski definition) is 0. The van der Waals surface area contributed by atoms with Crippen molar-refractivity contribution < 1.29 is 0 Å². The Balaban J connectivity index is 2.31. The summed E-state index contributed by atoms with van der Waals surface area (Å²) in [7, 11) is 0. The van der Waals surface area contributed by atoms with Gasteiger partial charge in [0.25, 0.3) is 0 Å². The lowest BCUT2D eigenvalue weighted by molar-refractivity contribution is 0.987. The van der Waals surface area contributed by atoms with Crippen molar-refractivity contribution in [1.29, 1.82) is 0 Å². The average molecular weight is 310 g/mol. The smallest absolute Gasteiger partial charge is 0.198 e. The highest BCUT2D eigenvalue weighted by atomic mass is 79.9. The van der Waals surface area contributed by atoms with Crippen LogP contribution < -0.4 is 0 Å². The van der Waals surface area contributed by atoms with Crippen molar-refractivity contribution in [3.63, 3.8) is 0 Å². The molecular weight excluding hydrogens is 304 g/mol. The number of aromatic nitrogens is 4. The summed E-state index contributed by atoms with van der Waals surface area (Å²) in [5.41, 5.74) is 1.86. The summed E-state index contributed by atoms with van der Waals surface area (Å²) in [5, 5.41) is 0.495. The summed E-state index contributed by atoms with van der Waals surface area (Å²) in [6.45, 7) is 0. The van der Waals surface area contributed by atoms with Crippen LogP contribution in [0.4, 0.5) is 0 Å². The predicted octanol–water partition coefficient (Wildman–Crippen LogP) is 3.23. The second kappa shape index (κ2) is 4.09. The van der Waals surface area contributed by atoms with Crippen LogP contribution >= 0.6 is 27.5 Å². The molecule has 0 atom stereocenters. The monoisotopic (exact) mass is 308 g/mol. The summed E-state index contributed by atoms with van der Waals surface area (Å²) in [6, 6.07) is 5.76. The molecule has 0 aromatic carbocycles. The van der Waals surface area contributed by atoms with Crippen molar-refractivity contribution in [3.05, 3.63) is 46.5 Å². The molecule has 0 aliphatic carbocycles. The first-order valence-corrected chi connectivity index (χ1v) is 6.03. The van der Waals surface area contributed by atoms with Gasteiger partial charge in [-0.2, -0.15) is 0 Å². The molecule has 0 fully saturated rings. The Morgan fingerprint density at radius 2 is 2.12 bits per heavy atom. The molecule has 0 saturated heterocycles. The van der Waals surface area contributed by atoms with Crippen molar-refractivity contribution >= 4 is 38.6 Å². The van der Waals surface area contributed by atoms with Gasteiger partial charge in [-0.3, -0.25) is 9.55 Å². The number of hydrogen-bond acceptors (Lipinski definition) is 3. The van der Waals surface area contributed by atoms with E-state index in [2.05, 4.69) is 30.9 Å². The number of fused-ring (bicyclic) bond motifs is 1. The highest BCUT2D eigenvalue weighted by Gasteiger charge is 2.09. The third-order valence-corrected chi connectivity index (χ3v) is 3.03. The highest BCUT2D eigenvalue weighted by Crippen LogP contribution is 2.23. The zero-order valence-electron chi connectivity index (χ0n) is 8.51. The summed E-state index contributed by atoms with van der Waals surface area (Å²) in [4.78, 5) is 12.5. The van der Waals surface area contributed by atoms with Crippen LogP contribution in [0.5, 0.6) is 0 Å². The van der Waals surface area contributed by atoms with E-state index in [0.29, 0.717) is 15.6 Å². The van der Waals surface area contributed by atoms with E-state index in [1.54, 1.807) is 12.4 Å². The topological polar surface area (TPSA) is 43.6 Å². The fraction of sp³-hybridized carbons (Fsp3) is 0. The van der Waals surface area contributed by atoms with Gasteiger partial charge in [0.15, 0.2) is 10.6 Å². The third-order valence-electron chi connectivity index (χ3n) is 2.38. The van der Waals surface area contributed by atoms with Gasteiger partial charge >= 0.3 is 0 Å². The fourth-order valence-electron chi connectivity index (χ4n) is 1.66. The molecule has 0 radical (unpaired) electrons. The van der Waals surface area contributed by atoms with Crippen LogP contribution in [0, 0.1) is 0 Å². The molecule has 0 bridgehead atoms. The molecule has 3 heterocycles. The van der Waals surface area contributed by atoms with E-state index in [0.717, 1.165) is 11.0 Å². The van der Waals surface area contributed by atoms with Crippen molar-refractivity contribution in [2.24, 2.45) is 0 Å². The van der Waals surface area contributed by atoms with E-state index in [1.807, 2.05) is 29.0 Å². The van der Waals surface area contributed by atoms with Crippen LogP contribution in [-0.2, 0) is 0 Å². The minimum atomic E-state index is 0.495. The van der Waals surface area contributed by atoms with Gasteiger partial charge < -0.3 is 0 Å². The predicted molar refractivity (Wildman–Crippen MR) is 69.4 cm³/mol. The lowest BCUT2D eigenvalue weighted by Crippen LogP contribution is -1.98. The Hall–Kier alpha value is -1.46. The second-order valence-corrected chi connectivity index (χ2v) is 4.52. The van der Waals surface area contributed by atoms with Gasteiger partial charge in [0.1, 0.15) is 5.02 Å². The van der Waals surface area contributed by atoms with Crippen LogP contribution in [0.3, 0.4) is 0 Å². The molecule has 0 unspecified atom stereocenters. The molecular formula is C11H6BrClN4. The average Bonchev–Trinajstić information content (AvgIpc) is 2.76. The van der Waals surface area contributed by atoms with Crippen molar-refractivity contribution in [2.45, 2.75) is 0 Å². The Morgan fingerprint density at radius 3 is 3.00 bits per heavy atom. The van der Waals surface area contributed by atoms with Crippen molar-refractivity contribution in [1.82, 2.24) is 19.5 Å². The first kappa shape index (κ1) is 10.7. The van der Waals surface area contributed by atoms with Crippen LogP contribution in [0.1, 0.15) is 0 Å². The molecule has 3 aromatic rings. The lowest BCUT2D eigenvalue weighted by atomic mass is 10.4. The number of nitrogens with zero attached hydrogens (tertiary/aromatic N) is 4. The number of rotatable bonds is 1. The minimum Gasteiger partial charge on any atom is -0.298 e. The van der Waals surface area contributed by atoms with E-state index >= 15 is 0 Å². The van der Waals surface area contributed by atoms with E-state index in [1.165, 1.54) is 0 Å². The van der Waals surface area contributed by atoms with Gasteiger partial charge in [-0.25, -0.2) is 9.97 Å². The molecule has 0 amide bonds. The molecule has 4 nitrogen and oxygen atoms in total. The van der Waals surface area contributed by atoms with E-state index < -0.39 is 0 Å². The molecule has 84 valence electrons. The fourth-order valence-corrected chi connectivity index (χ4v) is 2.11. The highest BCUT2D eigenvalue weighted by molar-refractivity contribution is 9.10. The van der Waals surface area contributed by atoms with Gasteiger partial charge in [-0.1, -0.05) is 11.6 Å². The second-order valence-electron chi connectivity index (χ2n) is 3.40. The van der Waals surface area contributed by atoms with Gasteiger partial charge in [0.05, 0.1) is 17.2 Å². The van der Waals surface area contributed by atoms with Gasteiger partial charge in [-0.15, -0.1) is 0 Å². The third kappa shape index (κ3) is 1.81. The summed E-state index contributed by atoms with van der Waals surface area (Å²) in [6.07, 6.45) is 5.21. The zero-order valence-corrected chi connectivity index (χ0v) is 10.9. The largest absolute Gasteiger partial charge is 0.298 e. The van der Waals surface area contributed by atoms with E-state index in [9.17, 15) is 0 Å². The van der Waals surface area contributed by atoms with Crippen LogP contribution in [0.2, 0.25) is 5.02 Å². The van der Waals surface area contributed by atoms with Gasteiger partial charge in [0.2, 0.25) is 0 Å². The van der Waals surface area contributed by atoms with Crippen LogP contribution in [-0.4, -0.2) is 19.5 Å². The van der Waals surface area contributed by atoms with Crippen LogP contribution in [0.25, 0.3) is 16.9 Å². The maximum absolute atomic E-state index is 6.10. The summed E-state index contributed by atoms with van der Waals surface area (Å²) >= 11 is 9.34. The molecule has 0 N–H and O–H groups in total. The molecule has 0 aliphatic rings. The van der Waals surface area contributed by atoms with Gasteiger partial charge in [-0.05, 0) is 34.1 Å². The van der Waals surface area contributed by atoms with Gasteiger partial charge in [0, 0.05) is 12.4 Å². The zero-order chi connectivity index (χ0) is 11.8. The molecule has 0 aliphatic heterocycles. The minimum absolute atomic E-state index is 0.495. The standard InChI is InChI=1S/C11H6BrClN4/c12-11-15-6-7(13)10(16-11)17-5-3-8-9(17)2-1-4-14-8/h1-6H. The molecule has 0 spiro atoms. The van der Waals surface area contributed by atoms with Crippen molar-refractivity contribution in [3.8, 4) is 5.82 Å². The van der Waals surface area contributed by atoms with Crippen molar-refractivity contribution in [2.75, 3.05) is 0 Å². The first-order valence-electron chi connectivity index (χ1n) is 4.86. The summed E-state index contributed by atoms with van der Waals surface area (Å²) < 4.78 is 2.39. The normalized spacial score (nSPS) is 10.9. The van der Waals surface area contributed by atoms with Crippen LogP contribution in [0.15, 0.2) is 41.5 Å². The Kier molecular flexibility index (Phi) is 2.57. The lowest BCUT2D eigenvalue weighted by Gasteiger charge is -2.06. The molecule has 0 saturated carbocycles. The Labute approximate surface area is 110 Å². The SMILES string of the molecule is Clc1cnc(Br)nc1-n1ccc2ncccc21. The molecule has 6 heteroatoms. The molecule has 3 rings (SSSR count). The maximum Gasteiger partial charge on any atom is 0.198 e. The first-order chi connectivity index (χ1) is 8.25. The van der Waals surface area contributed by atoms with E-state index in [4.69, 9.17) is 11.6 Å². The number of pyridine rings is 1. The van der Waals surface area contributed by atoms with E-state index in [-0.39, 0.29) is 0 Å². The summed E-state index contributed by atoms with van der Waals surface area (Å²) in [5.74, 6) is 0.636. The molecule has 3 aromatic heterocycles. The maximum atomic E-state index is 6.10.